The van der Waals surface area contributed by atoms with Crippen LogP contribution in [0.5, 0.6) is 0 Å². The van der Waals surface area contributed by atoms with Crippen LogP contribution >= 0.6 is 0 Å². The Morgan fingerprint density at radius 2 is 2.18 bits per heavy atom. The molecule has 0 saturated carbocycles. The number of carbonyl (C=O) groups is 1. The summed E-state index contributed by atoms with van der Waals surface area (Å²) in [5.41, 5.74) is -0.410. The Morgan fingerprint density at radius 1 is 1.47 bits per heavy atom. The summed E-state index contributed by atoms with van der Waals surface area (Å²) < 4.78 is 7.33. The van der Waals surface area contributed by atoms with Crippen LogP contribution < -0.4 is 0 Å². The SMILES string of the molecule is CC(C)(C)OC(=O)N1CC(Cn2ccnc2)C1. The number of amides is 1. The van der Waals surface area contributed by atoms with Gasteiger partial charge in [-0.25, -0.2) is 9.78 Å². The molecule has 1 fully saturated rings. The monoisotopic (exact) mass is 237 g/mol. The molecule has 0 unspecified atom stereocenters. The summed E-state index contributed by atoms with van der Waals surface area (Å²) in [5, 5.41) is 0. The highest BCUT2D eigenvalue weighted by Gasteiger charge is 2.33. The van der Waals surface area contributed by atoms with Crippen molar-refractivity contribution in [1.82, 2.24) is 14.5 Å². The van der Waals surface area contributed by atoms with Crippen LogP contribution in [0.4, 0.5) is 4.79 Å². The third kappa shape index (κ3) is 3.22. The maximum Gasteiger partial charge on any atom is 0.410 e. The molecule has 0 aliphatic carbocycles. The van der Waals surface area contributed by atoms with Gasteiger partial charge in [0.25, 0.3) is 0 Å². The number of imidazole rings is 1. The molecule has 0 aromatic carbocycles. The number of hydrogen-bond acceptors (Lipinski definition) is 3. The Bertz CT molecular complexity index is 375. The van der Waals surface area contributed by atoms with Gasteiger partial charge in [-0.1, -0.05) is 0 Å². The van der Waals surface area contributed by atoms with Gasteiger partial charge in [0, 0.05) is 37.9 Å². The first-order chi connectivity index (χ1) is 7.94. The Hall–Kier alpha value is -1.52. The number of carbonyl (C=O) groups excluding carboxylic acids is 1. The highest BCUT2D eigenvalue weighted by Crippen LogP contribution is 2.20. The molecule has 17 heavy (non-hydrogen) atoms. The van der Waals surface area contributed by atoms with Crippen molar-refractivity contribution in [1.29, 1.82) is 0 Å². The van der Waals surface area contributed by atoms with Crippen molar-refractivity contribution in [3.8, 4) is 0 Å². The lowest BCUT2D eigenvalue weighted by Gasteiger charge is -2.39. The van der Waals surface area contributed by atoms with E-state index in [1.807, 2.05) is 31.5 Å². The van der Waals surface area contributed by atoms with Crippen LogP contribution in [-0.2, 0) is 11.3 Å². The third-order valence-corrected chi connectivity index (χ3v) is 2.64. The van der Waals surface area contributed by atoms with Crippen molar-refractivity contribution >= 4 is 6.09 Å². The molecule has 1 saturated heterocycles. The summed E-state index contributed by atoms with van der Waals surface area (Å²) in [6.45, 7) is 8.11. The van der Waals surface area contributed by atoms with E-state index in [1.54, 1.807) is 17.4 Å². The number of aromatic nitrogens is 2. The number of likely N-dealkylation sites (tertiary alicyclic amines) is 1. The standard InChI is InChI=1S/C12H19N3O2/c1-12(2,3)17-11(16)15-7-10(8-15)6-14-5-4-13-9-14/h4-5,9-10H,6-8H2,1-3H3. The maximum atomic E-state index is 11.7. The smallest absolute Gasteiger partial charge is 0.410 e. The molecule has 1 aliphatic rings. The molecule has 1 aromatic rings. The van der Waals surface area contributed by atoms with E-state index < -0.39 is 5.60 Å². The fourth-order valence-electron chi connectivity index (χ4n) is 1.85. The molecule has 1 aromatic heterocycles. The number of hydrogen-bond donors (Lipinski definition) is 0. The molecule has 5 heteroatoms. The fourth-order valence-corrected chi connectivity index (χ4v) is 1.85. The predicted octanol–water partition coefficient (Wildman–Crippen LogP) is 1.75. The molecule has 0 bridgehead atoms. The molecule has 2 heterocycles. The average Bonchev–Trinajstić information content (AvgIpc) is 2.59. The van der Waals surface area contributed by atoms with Gasteiger partial charge in [-0.05, 0) is 20.8 Å². The van der Waals surface area contributed by atoms with Crippen LogP contribution in [0.1, 0.15) is 20.8 Å². The van der Waals surface area contributed by atoms with Crippen LogP contribution in [0, 0.1) is 5.92 Å². The summed E-state index contributed by atoms with van der Waals surface area (Å²) in [5.74, 6) is 0.511. The summed E-state index contributed by atoms with van der Waals surface area (Å²) in [4.78, 5) is 17.4. The Kier molecular flexibility index (Phi) is 3.09. The van der Waals surface area contributed by atoms with Crippen molar-refractivity contribution in [3.63, 3.8) is 0 Å². The van der Waals surface area contributed by atoms with Gasteiger partial charge in [-0.2, -0.15) is 0 Å². The molecule has 1 amide bonds. The van der Waals surface area contributed by atoms with E-state index >= 15 is 0 Å². The molecule has 0 radical (unpaired) electrons. The van der Waals surface area contributed by atoms with E-state index in [0.717, 1.165) is 19.6 Å². The molecular formula is C12H19N3O2. The Labute approximate surface area is 101 Å². The second-order valence-electron chi connectivity index (χ2n) is 5.51. The summed E-state index contributed by atoms with van der Waals surface area (Å²) in [7, 11) is 0. The van der Waals surface area contributed by atoms with Crippen molar-refractivity contribution in [2.75, 3.05) is 13.1 Å². The number of nitrogens with zero attached hydrogens (tertiary/aromatic N) is 3. The molecule has 94 valence electrons. The van der Waals surface area contributed by atoms with E-state index in [0.29, 0.717) is 5.92 Å². The largest absolute Gasteiger partial charge is 0.444 e. The molecule has 5 nitrogen and oxygen atoms in total. The van der Waals surface area contributed by atoms with Gasteiger partial charge in [-0.15, -0.1) is 0 Å². The lowest BCUT2D eigenvalue weighted by molar-refractivity contribution is -0.00333. The van der Waals surface area contributed by atoms with Crippen LogP contribution in [0.15, 0.2) is 18.7 Å². The van der Waals surface area contributed by atoms with Crippen molar-refractivity contribution < 1.29 is 9.53 Å². The number of rotatable bonds is 2. The normalized spacial score (nSPS) is 16.8. The zero-order valence-corrected chi connectivity index (χ0v) is 10.6. The van der Waals surface area contributed by atoms with Crippen molar-refractivity contribution in [2.45, 2.75) is 32.9 Å². The van der Waals surface area contributed by atoms with Crippen LogP contribution in [-0.4, -0.2) is 39.2 Å². The molecule has 0 spiro atoms. The second kappa shape index (κ2) is 4.39. The zero-order valence-electron chi connectivity index (χ0n) is 10.6. The van der Waals surface area contributed by atoms with Crippen LogP contribution in [0.3, 0.4) is 0 Å². The van der Waals surface area contributed by atoms with E-state index in [4.69, 9.17) is 4.74 Å². The summed E-state index contributed by atoms with van der Waals surface area (Å²) in [6, 6.07) is 0. The summed E-state index contributed by atoms with van der Waals surface area (Å²) >= 11 is 0. The van der Waals surface area contributed by atoms with E-state index in [1.165, 1.54) is 0 Å². The topological polar surface area (TPSA) is 47.4 Å². The van der Waals surface area contributed by atoms with Crippen LogP contribution in [0.2, 0.25) is 0 Å². The lowest BCUT2D eigenvalue weighted by atomic mass is 10.0. The van der Waals surface area contributed by atoms with E-state index in [9.17, 15) is 4.79 Å². The molecule has 2 rings (SSSR count). The average molecular weight is 237 g/mol. The zero-order chi connectivity index (χ0) is 12.5. The van der Waals surface area contributed by atoms with E-state index in [2.05, 4.69) is 4.98 Å². The maximum absolute atomic E-state index is 11.7. The highest BCUT2D eigenvalue weighted by molar-refractivity contribution is 5.69. The first-order valence-electron chi connectivity index (χ1n) is 5.88. The van der Waals surface area contributed by atoms with Crippen LogP contribution in [0.25, 0.3) is 0 Å². The van der Waals surface area contributed by atoms with Gasteiger partial charge in [0.1, 0.15) is 5.60 Å². The van der Waals surface area contributed by atoms with Gasteiger partial charge in [0.05, 0.1) is 6.33 Å². The predicted molar refractivity (Wildman–Crippen MR) is 63.5 cm³/mol. The molecular weight excluding hydrogens is 218 g/mol. The van der Waals surface area contributed by atoms with Crippen molar-refractivity contribution in [3.05, 3.63) is 18.7 Å². The minimum absolute atomic E-state index is 0.209. The van der Waals surface area contributed by atoms with Gasteiger partial charge >= 0.3 is 6.09 Å². The Morgan fingerprint density at radius 3 is 2.71 bits per heavy atom. The first-order valence-corrected chi connectivity index (χ1v) is 5.88. The molecule has 0 N–H and O–H groups in total. The van der Waals surface area contributed by atoms with Crippen molar-refractivity contribution in [2.24, 2.45) is 5.92 Å². The molecule has 0 atom stereocenters. The lowest BCUT2D eigenvalue weighted by Crippen LogP contribution is -2.52. The quantitative estimate of drug-likeness (QED) is 0.787. The van der Waals surface area contributed by atoms with Gasteiger partial charge in [-0.3, -0.25) is 0 Å². The number of ether oxygens (including phenoxy) is 1. The Balaban J connectivity index is 1.73. The van der Waals surface area contributed by atoms with Gasteiger partial charge < -0.3 is 14.2 Å². The van der Waals surface area contributed by atoms with E-state index in [-0.39, 0.29) is 6.09 Å². The summed E-state index contributed by atoms with van der Waals surface area (Å²) in [6.07, 6.45) is 5.30. The third-order valence-electron chi connectivity index (χ3n) is 2.64. The molecule has 1 aliphatic heterocycles. The minimum atomic E-state index is -0.410. The fraction of sp³-hybridized carbons (Fsp3) is 0.667. The highest BCUT2D eigenvalue weighted by atomic mass is 16.6. The van der Waals surface area contributed by atoms with Gasteiger partial charge in [0.15, 0.2) is 0 Å². The minimum Gasteiger partial charge on any atom is -0.444 e. The van der Waals surface area contributed by atoms with Gasteiger partial charge in [0.2, 0.25) is 0 Å². The first kappa shape index (κ1) is 12.0. The second-order valence-corrected chi connectivity index (χ2v) is 5.51.